The quantitative estimate of drug-likeness (QED) is 0.0345. The summed E-state index contributed by atoms with van der Waals surface area (Å²) in [6.07, 6.45) is 46.6. The number of unbranched alkanes of at least 4 members (excludes halogenated alkanes) is 32. The maximum atomic E-state index is 12.8. The first-order valence-electron chi connectivity index (χ1n) is 26.2. The maximum Gasteiger partial charge on any atom is 0.306 e. The Balaban J connectivity index is 4.30. The minimum absolute atomic E-state index is 0.0636. The van der Waals surface area contributed by atoms with Gasteiger partial charge in [0.25, 0.3) is 0 Å². The predicted molar refractivity (Wildman–Crippen MR) is 252 cm³/mol. The minimum atomic E-state index is -0.761. The van der Waals surface area contributed by atoms with E-state index in [-0.39, 0.29) is 31.1 Å². The number of hydrogen-bond acceptors (Lipinski definition) is 6. The normalized spacial score (nSPS) is 12.1. The SMILES string of the molecule is CCCCCCCCCCCCCCC(=O)OC[C@H](COC(=O)CCCCCCCCCCCC(C)C)OC(=O)CCCCCCCCCCCCCCCCC(C)C. The molecule has 0 fully saturated rings. The van der Waals surface area contributed by atoms with Crippen molar-refractivity contribution in [3.8, 4) is 0 Å². The highest BCUT2D eigenvalue weighted by Crippen LogP contribution is 2.17. The van der Waals surface area contributed by atoms with Gasteiger partial charge in [-0.2, -0.15) is 0 Å². The van der Waals surface area contributed by atoms with Gasteiger partial charge in [0.05, 0.1) is 0 Å². The van der Waals surface area contributed by atoms with Gasteiger partial charge in [0.1, 0.15) is 13.2 Å². The zero-order valence-corrected chi connectivity index (χ0v) is 40.4. The summed E-state index contributed by atoms with van der Waals surface area (Å²) in [6, 6.07) is 0. The Labute approximate surface area is 368 Å². The third kappa shape index (κ3) is 47.3. The van der Waals surface area contributed by atoms with Crippen LogP contribution in [0.1, 0.15) is 291 Å². The van der Waals surface area contributed by atoms with Gasteiger partial charge in [0.2, 0.25) is 0 Å². The molecule has 0 aliphatic carbocycles. The van der Waals surface area contributed by atoms with Crippen molar-refractivity contribution >= 4 is 17.9 Å². The van der Waals surface area contributed by atoms with Crippen LogP contribution in [0.3, 0.4) is 0 Å². The van der Waals surface area contributed by atoms with E-state index in [0.717, 1.165) is 69.6 Å². The second-order valence-corrected chi connectivity index (χ2v) is 19.1. The Bertz CT molecular complexity index is 900. The summed E-state index contributed by atoms with van der Waals surface area (Å²) < 4.78 is 16.8. The molecule has 0 amide bonds. The smallest absolute Gasteiger partial charge is 0.306 e. The van der Waals surface area contributed by atoms with Crippen molar-refractivity contribution in [1.29, 1.82) is 0 Å². The van der Waals surface area contributed by atoms with Gasteiger partial charge >= 0.3 is 17.9 Å². The fourth-order valence-electron chi connectivity index (χ4n) is 7.99. The fourth-order valence-corrected chi connectivity index (χ4v) is 7.99. The molecule has 6 nitrogen and oxygen atoms in total. The van der Waals surface area contributed by atoms with Crippen LogP contribution in [0.2, 0.25) is 0 Å². The first-order chi connectivity index (χ1) is 28.7. The van der Waals surface area contributed by atoms with Gasteiger partial charge < -0.3 is 14.2 Å². The van der Waals surface area contributed by atoms with Gasteiger partial charge in [-0.05, 0) is 31.1 Å². The van der Waals surface area contributed by atoms with Crippen LogP contribution in [0.25, 0.3) is 0 Å². The second-order valence-electron chi connectivity index (χ2n) is 19.1. The number of carbonyl (C=O) groups is 3. The average Bonchev–Trinajstić information content (AvgIpc) is 3.20. The highest BCUT2D eigenvalue weighted by Gasteiger charge is 2.19. The predicted octanol–water partition coefficient (Wildman–Crippen LogP) is 16.9. The van der Waals surface area contributed by atoms with Gasteiger partial charge in [-0.15, -0.1) is 0 Å². The topological polar surface area (TPSA) is 78.9 Å². The van der Waals surface area contributed by atoms with Crippen LogP contribution in [-0.4, -0.2) is 37.2 Å². The van der Waals surface area contributed by atoms with Crippen molar-refractivity contribution in [1.82, 2.24) is 0 Å². The molecule has 0 aliphatic heterocycles. The minimum Gasteiger partial charge on any atom is -0.462 e. The van der Waals surface area contributed by atoms with Gasteiger partial charge in [0.15, 0.2) is 6.10 Å². The first-order valence-corrected chi connectivity index (χ1v) is 26.2. The second kappa shape index (κ2) is 45.9. The molecule has 0 saturated heterocycles. The molecule has 0 rings (SSSR count). The van der Waals surface area contributed by atoms with E-state index in [9.17, 15) is 14.4 Å². The number of hydrogen-bond donors (Lipinski definition) is 0. The molecule has 0 N–H and O–H groups in total. The van der Waals surface area contributed by atoms with E-state index in [1.165, 1.54) is 180 Å². The van der Waals surface area contributed by atoms with Crippen LogP contribution in [-0.2, 0) is 28.6 Å². The average molecular weight is 835 g/mol. The van der Waals surface area contributed by atoms with Crippen molar-refractivity contribution in [3.63, 3.8) is 0 Å². The maximum absolute atomic E-state index is 12.8. The Kier molecular flexibility index (Phi) is 44.7. The Morgan fingerprint density at radius 3 is 0.831 bits per heavy atom. The van der Waals surface area contributed by atoms with E-state index in [0.29, 0.717) is 19.3 Å². The van der Waals surface area contributed by atoms with Crippen molar-refractivity contribution in [3.05, 3.63) is 0 Å². The Morgan fingerprint density at radius 2 is 0.559 bits per heavy atom. The van der Waals surface area contributed by atoms with Gasteiger partial charge in [-0.1, -0.05) is 253 Å². The number of ether oxygens (including phenoxy) is 3. The summed E-state index contributed by atoms with van der Waals surface area (Å²) in [4.78, 5) is 37.9. The van der Waals surface area contributed by atoms with Crippen LogP contribution in [0.5, 0.6) is 0 Å². The lowest BCUT2D eigenvalue weighted by atomic mass is 10.0. The summed E-state index contributed by atoms with van der Waals surface area (Å²) in [5, 5.41) is 0. The molecular weight excluding hydrogens is 733 g/mol. The summed E-state index contributed by atoms with van der Waals surface area (Å²) >= 11 is 0. The molecule has 0 radical (unpaired) electrons. The van der Waals surface area contributed by atoms with Crippen molar-refractivity contribution in [2.45, 2.75) is 298 Å². The molecule has 0 aromatic carbocycles. The molecule has 0 bridgehead atoms. The van der Waals surface area contributed by atoms with Gasteiger partial charge in [-0.3, -0.25) is 14.4 Å². The van der Waals surface area contributed by atoms with E-state index in [1.54, 1.807) is 0 Å². The lowest BCUT2D eigenvalue weighted by Crippen LogP contribution is -2.30. The molecule has 0 spiro atoms. The standard InChI is InChI=1S/C53H102O6/c1-6-7-8-9-10-11-12-18-23-28-33-38-43-51(54)57-46-50(47-58-52(55)44-39-34-29-25-20-22-27-32-37-42-49(4)5)59-53(56)45-40-35-30-24-19-16-14-13-15-17-21-26-31-36-41-48(2)3/h48-50H,6-47H2,1-5H3/t50-/m1/s1. The summed E-state index contributed by atoms with van der Waals surface area (Å²) in [5.74, 6) is 0.804. The third-order valence-corrected chi connectivity index (χ3v) is 12.0. The van der Waals surface area contributed by atoms with Crippen molar-refractivity contribution in [2.75, 3.05) is 13.2 Å². The van der Waals surface area contributed by atoms with Crippen LogP contribution in [0.4, 0.5) is 0 Å². The molecule has 350 valence electrons. The molecule has 6 heteroatoms. The van der Waals surface area contributed by atoms with E-state index in [1.807, 2.05) is 0 Å². The first kappa shape index (κ1) is 57.4. The summed E-state index contributed by atoms with van der Waals surface area (Å²) in [5.41, 5.74) is 0. The van der Waals surface area contributed by atoms with E-state index in [2.05, 4.69) is 34.6 Å². The van der Waals surface area contributed by atoms with Crippen LogP contribution in [0, 0.1) is 11.8 Å². The molecule has 0 heterocycles. The van der Waals surface area contributed by atoms with Gasteiger partial charge in [0, 0.05) is 19.3 Å². The molecule has 0 aliphatic rings. The molecule has 0 unspecified atom stereocenters. The largest absolute Gasteiger partial charge is 0.462 e. The van der Waals surface area contributed by atoms with Crippen LogP contribution < -0.4 is 0 Å². The molecule has 59 heavy (non-hydrogen) atoms. The number of rotatable bonds is 47. The van der Waals surface area contributed by atoms with Crippen molar-refractivity contribution < 1.29 is 28.6 Å². The lowest BCUT2D eigenvalue weighted by molar-refractivity contribution is -0.167. The summed E-state index contributed by atoms with van der Waals surface area (Å²) in [6.45, 7) is 11.4. The Morgan fingerprint density at radius 1 is 0.322 bits per heavy atom. The lowest BCUT2D eigenvalue weighted by Gasteiger charge is -2.18. The van der Waals surface area contributed by atoms with E-state index < -0.39 is 6.10 Å². The molecule has 1 atom stereocenters. The fraction of sp³-hybridized carbons (Fsp3) is 0.943. The van der Waals surface area contributed by atoms with Crippen LogP contribution >= 0.6 is 0 Å². The highest BCUT2D eigenvalue weighted by atomic mass is 16.6. The zero-order chi connectivity index (χ0) is 43.3. The number of carbonyl (C=O) groups excluding carboxylic acids is 3. The Hall–Kier alpha value is -1.59. The molecule has 0 aromatic rings. The monoisotopic (exact) mass is 835 g/mol. The molecule has 0 saturated carbocycles. The third-order valence-electron chi connectivity index (χ3n) is 12.0. The zero-order valence-electron chi connectivity index (χ0n) is 40.4. The number of esters is 3. The van der Waals surface area contributed by atoms with Gasteiger partial charge in [-0.25, -0.2) is 0 Å². The van der Waals surface area contributed by atoms with E-state index in [4.69, 9.17) is 14.2 Å². The molecule has 0 aromatic heterocycles. The van der Waals surface area contributed by atoms with Crippen LogP contribution in [0.15, 0.2) is 0 Å². The van der Waals surface area contributed by atoms with Crippen molar-refractivity contribution in [2.24, 2.45) is 11.8 Å². The highest BCUT2D eigenvalue weighted by molar-refractivity contribution is 5.71. The molecular formula is C53H102O6. The van der Waals surface area contributed by atoms with E-state index >= 15 is 0 Å². The summed E-state index contributed by atoms with van der Waals surface area (Å²) in [7, 11) is 0.